The zero-order chi connectivity index (χ0) is 20.1. The van der Waals surface area contributed by atoms with E-state index >= 15 is 0 Å². The molecule has 0 amide bonds. The lowest BCUT2D eigenvalue weighted by Crippen LogP contribution is -2.08. The molecule has 1 atom stereocenters. The first-order chi connectivity index (χ1) is 13.4. The molecule has 28 heavy (non-hydrogen) atoms. The van der Waals surface area contributed by atoms with Gasteiger partial charge in [-0.2, -0.15) is 0 Å². The highest BCUT2D eigenvalue weighted by Crippen LogP contribution is 2.33. The standard InChI is InChI=1S/C22H22FNO3S/c1-14(2)13-27-19-10-17(9-18(23)11-19)15-4-3-5-16(8-15)20(12-21(25)26)22-24-6-7-28-22/h3-11,14,20H,12-13H2,1-2H3,(H,25,26). The molecule has 0 aliphatic heterocycles. The van der Waals surface area contributed by atoms with Crippen LogP contribution in [-0.4, -0.2) is 22.7 Å². The summed E-state index contributed by atoms with van der Waals surface area (Å²) in [5.74, 6) is -0.784. The molecule has 0 aliphatic carbocycles. The van der Waals surface area contributed by atoms with Gasteiger partial charge in [-0.05, 0) is 34.7 Å². The van der Waals surface area contributed by atoms with E-state index in [1.807, 2.05) is 43.5 Å². The Morgan fingerprint density at radius 2 is 2.04 bits per heavy atom. The molecule has 0 bridgehead atoms. The summed E-state index contributed by atoms with van der Waals surface area (Å²) in [4.78, 5) is 15.7. The number of carboxylic acids is 1. The predicted octanol–water partition coefficient (Wildman–Crippen LogP) is 5.59. The SMILES string of the molecule is CC(C)COc1cc(F)cc(-c2cccc(C(CC(=O)O)c3nccs3)c2)c1. The maximum Gasteiger partial charge on any atom is 0.304 e. The Bertz CT molecular complexity index is 941. The summed E-state index contributed by atoms with van der Waals surface area (Å²) >= 11 is 1.43. The van der Waals surface area contributed by atoms with Crippen molar-refractivity contribution in [3.05, 3.63) is 70.4 Å². The number of hydrogen-bond donors (Lipinski definition) is 1. The molecule has 1 aromatic heterocycles. The first-order valence-electron chi connectivity index (χ1n) is 9.07. The summed E-state index contributed by atoms with van der Waals surface area (Å²) < 4.78 is 19.8. The number of aliphatic carboxylic acids is 1. The van der Waals surface area contributed by atoms with Crippen LogP contribution in [0.25, 0.3) is 11.1 Å². The second-order valence-electron chi connectivity index (χ2n) is 7.03. The van der Waals surface area contributed by atoms with Crippen LogP contribution < -0.4 is 4.74 Å². The quantitative estimate of drug-likeness (QED) is 0.536. The number of halogens is 1. The molecule has 1 N–H and O–H groups in total. The maximum absolute atomic E-state index is 14.1. The fourth-order valence-corrected chi connectivity index (χ4v) is 3.71. The van der Waals surface area contributed by atoms with Crippen LogP contribution in [0.3, 0.4) is 0 Å². The zero-order valence-corrected chi connectivity index (χ0v) is 16.6. The number of thiazole rings is 1. The lowest BCUT2D eigenvalue weighted by Gasteiger charge is -2.15. The van der Waals surface area contributed by atoms with Crippen LogP contribution in [0.1, 0.15) is 36.8 Å². The van der Waals surface area contributed by atoms with E-state index in [1.165, 1.54) is 23.5 Å². The van der Waals surface area contributed by atoms with Crippen molar-refractivity contribution in [1.82, 2.24) is 4.98 Å². The largest absolute Gasteiger partial charge is 0.493 e. The average Bonchev–Trinajstić information content (AvgIpc) is 3.18. The third-order valence-electron chi connectivity index (χ3n) is 4.21. The smallest absolute Gasteiger partial charge is 0.304 e. The molecule has 1 heterocycles. The van der Waals surface area contributed by atoms with E-state index in [9.17, 15) is 14.3 Å². The van der Waals surface area contributed by atoms with Gasteiger partial charge in [0.1, 0.15) is 16.6 Å². The van der Waals surface area contributed by atoms with Crippen molar-refractivity contribution < 1.29 is 19.0 Å². The van der Waals surface area contributed by atoms with Gasteiger partial charge < -0.3 is 9.84 Å². The fraction of sp³-hybridized carbons (Fsp3) is 0.273. The minimum Gasteiger partial charge on any atom is -0.493 e. The summed E-state index contributed by atoms with van der Waals surface area (Å²) in [6.45, 7) is 4.57. The van der Waals surface area contributed by atoms with Gasteiger partial charge in [0.25, 0.3) is 0 Å². The van der Waals surface area contributed by atoms with Crippen molar-refractivity contribution in [2.45, 2.75) is 26.2 Å². The molecule has 6 heteroatoms. The van der Waals surface area contributed by atoms with Gasteiger partial charge in [-0.25, -0.2) is 9.37 Å². The summed E-state index contributed by atoms with van der Waals surface area (Å²) in [6, 6.07) is 12.1. The van der Waals surface area contributed by atoms with E-state index in [1.54, 1.807) is 12.3 Å². The highest BCUT2D eigenvalue weighted by molar-refractivity contribution is 7.09. The van der Waals surface area contributed by atoms with E-state index in [-0.39, 0.29) is 18.2 Å². The van der Waals surface area contributed by atoms with Gasteiger partial charge in [-0.3, -0.25) is 4.79 Å². The molecule has 0 fully saturated rings. The minimum absolute atomic E-state index is 0.0527. The van der Waals surface area contributed by atoms with Crippen molar-refractivity contribution in [3.63, 3.8) is 0 Å². The zero-order valence-electron chi connectivity index (χ0n) is 15.8. The Balaban J connectivity index is 1.95. The molecule has 0 saturated carbocycles. The Hall–Kier alpha value is -2.73. The van der Waals surface area contributed by atoms with Crippen molar-refractivity contribution in [3.8, 4) is 16.9 Å². The lowest BCUT2D eigenvalue weighted by atomic mass is 9.93. The average molecular weight is 399 g/mol. The highest BCUT2D eigenvalue weighted by Gasteiger charge is 2.21. The van der Waals surface area contributed by atoms with E-state index in [0.717, 1.165) is 16.1 Å². The molecule has 1 unspecified atom stereocenters. The molecule has 0 radical (unpaired) electrons. The van der Waals surface area contributed by atoms with Crippen LogP contribution >= 0.6 is 11.3 Å². The Kier molecular flexibility index (Phi) is 6.41. The van der Waals surface area contributed by atoms with Crippen molar-refractivity contribution in [2.24, 2.45) is 5.92 Å². The van der Waals surface area contributed by atoms with Gasteiger partial charge in [0.2, 0.25) is 0 Å². The molecule has 3 rings (SSSR count). The van der Waals surface area contributed by atoms with Crippen molar-refractivity contribution in [1.29, 1.82) is 0 Å². The second-order valence-corrected chi connectivity index (χ2v) is 7.95. The van der Waals surface area contributed by atoms with Crippen molar-refractivity contribution in [2.75, 3.05) is 6.61 Å². The molecule has 146 valence electrons. The topological polar surface area (TPSA) is 59.4 Å². The first-order valence-corrected chi connectivity index (χ1v) is 9.95. The van der Waals surface area contributed by atoms with Gasteiger partial charge in [0, 0.05) is 23.6 Å². The number of nitrogens with zero attached hydrogens (tertiary/aromatic N) is 1. The second kappa shape index (κ2) is 8.97. The molecular weight excluding hydrogens is 377 g/mol. The molecule has 2 aromatic carbocycles. The van der Waals surface area contributed by atoms with Crippen LogP contribution in [0.2, 0.25) is 0 Å². The van der Waals surface area contributed by atoms with Crippen LogP contribution in [-0.2, 0) is 4.79 Å². The third kappa shape index (κ3) is 5.16. The van der Waals surface area contributed by atoms with Gasteiger partial charge in [0.15, 0.2) is 0 Å². The maximum atomic E-state index is 14.1. The molecular formula is C22H22FNO3S. The summed E-state index contributed by atoms with van der Waals surface area (Å²) in [6.07, 6.45) is 1.62. The van der Waals surface area contributed by atoms with Crippen LogP contribution in [0.5, 0.6) is 5.75 Å². The number of ether oxygens (including phenoxy) is 1. The minimum atomic E-state index is -0.888. The molecule has 4 nitrogen and oxygen atoms in total. The fourth-order valence-electron chi connectivity index (χ4n) is 2.94. The molecule has 0 aliphatic rings. The Labute approximate surface area is 167 Å². The lowest BCUT2D eigenvalue weighted by molar-refractivity contribution is -0.137. The predicted molar refractivity (Wildman–Crippen MR) is 108 cm³/mol. The summed E-state index contributed by atoms with van der Waals surface area (Å²) in [5, 5.41) is 11.9. The Morgan fingerprint density at radius 3 is 2.71 bits per heavy atom. The summed E-state index contributed by atoms with van der Waals surface area (Å²) in [5.41, 5.74) is 2.33. The van der Waals surface area contributed by atoms with Gasteiger partial charge in [-0.1, -0.05) is 38.1 Å². The number of rotatable bonds is 8. The number of hydrogen-bond acceptors (Lipinski definition) is 4. The van der Waals surface area contributed by atoms with Gasteiger partial charge in [-0.15, -0.1) is 11.3 Å². The third-order valence-corrected chi connectivity index (χ3v) is 5.09. The van der Waals surface area contributed by atoms with Crippen molar-refractivity contribution >= 4 is 17.3 Å². The van der Waals surface area contributed by atoms with Crippen LogP contribution in [0.4, 0.5) is 4.39 Å². The number of benzene rings is 2. The number of aromatic nitrogens is 1. The number of carboxylic acid groups (broad SMARTS) is 1. The monoisotopic (exact) mass is 399 g/mol. The summed E-state index contributed by atoms with van der Waals surface area (Å²) in [7, 11) is 0. The highest BCUT2D eigenvalue weighted by atomic mass is 32.1. The van der Waals surface area contributed by atoms with E-state index < -0.39 is 5.97 Å². The Morgan fingerprint density at radius 1 is 1.21 bits per heavy atom. The van der Waals surface area contributed by atoms with E-state index in [2.05, 4.69) is 4.98 Å². The molecule has 0 saturated heterocycles. The molecule has 0 spiro atoms. The number of carbonyl (C=O) groups is 1. The first kappa shape index (κ1) is 20.0. The van der Waals surface area contributed by atoms with Gasteiger partial charge in [0.05, 0.1) is 13.0 Å². The van der Waals surface area contributed by atoms with E-state index in [4.69, 9.17) is 4.74 Å². The normalized spacial score (nSPS) is 12.1. The van der Waals surface area contributed by atoms with Crippen LogP contribution in [0.15, 0.2) is 54.0 Å². The van der Waals surface area contributed by atoms with Crippen LogP contribution in [0, 0.1) is 11.7 Å². The molecule has 3 aromatic rings. The van der Waals surface area contributed by atoms with Gasteiger partial charge >= 0.3 is 5.97 Å². The van der Waals surface area contributed by atoms with E-state index in [0.29, 0.717) is 23.8 Å².